The minimum atomic E-state index is -0.388. The molecule has 8 heteroatoms. The second-order valence-electron chi connectivity index (χ2n) is 6.53. The predicted octanol–water partition coefficient (Wildman–Crippen LogP) is 4.65. The van der Waals surface area contributed by atoms with Crippen LogP contribution in [0.25, 0.3) is 10.2 Å². The summed E-state index contributed by atoms with van der Waals surface area (Å²) in [6.07, 6.45) is 0.776. The van der Waals surface area contributed by atoms with Gasteiger partial charge in [0.05, 0.1) is 10.5 Å². The molecule has 0 aliphatic carbocycles. The summed E-state index contributed by atoms with van der Waals surface area (Å²) in [5.41, 5.74) is 0.291. The van der Waals surface area contributed by atoms with Crippen molar-refractivity contribution in [3.63, 3.8) is 0 Å². The first-order valence-corrected chi connectivity index (χ1v) is 10.6. The zero-order valence-corrected chi connectivity index (χ0v) is 17.3. The highest BCUT2D eigenvalue weighted by Crippen LogP contribution is 2.31. The lowest BCUT2D eigenvalue weighted by molar-refractivity contribution is -0.116. The highest BCUT2D eigenvalue weighted by molar-refractivity contribution is 8.00. The zero-order valence-electron chi connectivity index (χ0n) is 15.7. The maximum absolute atomic E-state index is 14.0. The SMILES string of the molecule is CN(C)CCCN(C(=O)CSc1ccc(F)cc1)c1nc2c(F)cccc2s1. The largest absolute Gasteiger partial charge is 0.309 e. The number of halogens is 2. The molecule has 4 nitrogen and oxygen atoms in total. The minimum Gasteiger partial charge on any atom is -0.309 e. The van der Waals surface area contributed by atoms with E-state index in [0.717, 1.165) is 17.9 Å². The molecule has 0 aliphatic heterocycles. The van der Waals surface area contributed by atoms with Crippen molar-refractivity contribution in [1.82, 2.24) is 9.88 Å². The lowest BCUT2D eigenvalue weighted by Gasteiger charge is -2.21. The van der Waals surface area contributed by atoms with Crippen LogP contribution in [0.5, 0.6) is 0 Å². The van der Waals surface area contributed by atoms with E-state index in [1.165, 1.54) is 41.3 Å². The fourth-order valence-electron chi connectivity index (χ4n) is 2.64. The third kappa shape index (κ3) is 5.27. The summed E-state index contributed by atoms with van der Waals surface area (Å²) >= 11 is 2.66. The number of rotatable bonds is 8. The van der Waals surface area contributed by atoms with Crippen molar-refractivity contribution < 1.29 is 13.6 Å². The van der Waals surface area contributed by atoms with E-state index in [-0.39, 0.29) is 23.3 Å². The first-order valence-electron chi connectivity index (χ1n) is 8.82. The van der Waals surface area contributed by atoms with Crippen LogP contribution in [-0.4, -0.2) is 48.7 Å². The van der Waals surface area contributed by atoms with E-state index in [0.29, 0.717) is 21.9 Å². The summed E-state index contributed by atoms with van der Waals surface area (Å²) in [6.45, 7) is 1.33. The van der Waals surface area contributed by atoms with Crippen LogP contribution in [0.2, 0.25) is 0 Å². The third-order valence-electron chi connectivity index (χ3n) is 4.05. The van der Waals surface area contributed by atoms with Gasteiger partial charge in [0.2, 0.25) is 5.91 Å². The van der Waals surface area contributed by atoms with Crippen molar-refractivity contribution in [2.45, 2.75) is 11.3 Å². The van der Waals surface area contributed by atoms with Gasteiger partial charge in [0, 0.05) is 11.4 Å². The summed E-state index contributed by atoms with van der Waals surface area (Å²) < 4.78 is 27.8. The molecule has 0 bridgehead atoms. The fourth-order valence-corrected chi connectivity index (χ4v) is 4.44. The number of nitrogens with zero attached hydrogens (tertiary/aromatic N) is 3. The Bertz CT molecular complexity index is 944. The Kier molecular flexibility index (Phi) is 6.98. The van der Waals surface area contributed by atoms with Gasteiger partial charge in [-0.3, -0.25) is 9.69 Å². The normalized spacial score (nSPS) is 11.3. The van der Waals surface area contributed by atoms with Gasteiger partial charge in [0.25, 0.3) is 0 Å². The summed E-state index contributed by atoms with van der Waals surface area (Å²) in [7, 11) is 3.95. The number of anilines is 1. The molecule has 0 spiro atoms. The maximum atomic E-state index is 14.0. The van der Waals surface area contributed by atoms with Gasteiger partial charge in [-0.15, -0.1) is 11.8 Å². The van der Waals surface area contributed by atoms with Gasteiger partial charge in [0.15, 0.2) is 5.13 Å². The second kappa shape index (κ2) is 9.45. The number of thioether (sulfide) groups is 1. The van der Waals surface area contributed by atoms with Crippen LogP contribution in [0.15, 0.2) is 47.4 Å². The number of benzene rings is 2. The molecule has 0 N–H and O–H groups in total. The first-order chi connectivity index (χ1) is 13.4. The number of carbonyl (C=O) groups is 1. The van der Waals surface area contributed by atoms with Gasteiger partial charge in [-0.25, -0.2) is 13.8 Å². The molecule has 0 saturated carbocycles. The Labute approximate surface area is 171 Å². The lowest BCUT2D eigenvalue weighted by atomic mass is 10.3. The number of carbonyl (C=O) groups excluding carboxylic acids is 1. The zero-order chi connectivity index (χ0) is 20.1. The van der Waals surface area contributed by atoms with Crippen LogP contribution >= 0.6 is 23.1 Å². The minimum absolute atomic E-state index is 0.104. The molecule has 28 heavy (non-hydrogen) atoms. The number of hydrogen-bond donors (Lipinski definition) is 0. The molecule has 0 atom stereocenters. The van der Waals surface area contributed by atoms with E-state index < -0.39 is 0 Å². The van der Waals surface area contributed by atoms with Crippen LogP contribution in [0.4, 0.5) is 13.9 Å². The van der Waals surface area contributed by atoms with Crippen LogP contribution in [-0.2, 0) is 4.79 Å². The first kappa shape index (κ1) is 20.7. The Hall–Kier alpha value is -2.03. The summed E-state index contributed by atoms with van der Waals surface area (Å²) in [6, 6.07) is 10.9. The number of hydrogen-bond acceptors (Lipinski definition) is 5. The van der Waals surface area contributed by atoms with E-state index in [2.05, 4.69) is 4.98 Å². The van der Waals surface area contributed by atoms with E-state index in [9.17, 15) is 13.6 Å². The van der Waals surface area contributed by atoms with Crippen molar-refractivity contribution in [2.75, 3.05) is 37.8 Å². The van der Waals surface area contributed by atoms with Crippen molar-refractivity contribution >= 4 is 44.4 Å². The molecular formula is C20H21F2N3OS2. The molecule has 0 aliphatic rings. The number of amides is 1. The van der Waals surface area contributed by atoms with Gasteiger partial charge in [0.1, 0.15) is 17.2 Å². The quantitative estimate of drug-likeness (QED) is 0.496. The Morgan fingerprint density at radius 2 is 1.86 bits per heavy atom. The molecule has 2 aromatic carbocycles. The summed E-state index contributed by atoms with van der Waals surface area (Å²) in [5, 5.41) is 0.503. The van der Waals surface area contributed by atoms with Gasteiger partial charge < -0.3 is 4.90 Å². The van der Waals surface area contributed by atoms with Crippen molar-refractivity contribution in [1.29, 1.82) is 0 Å². The van der Waals surface area contributed by atoms with Crippen LogP contribution in [0, 0.1) is 11.6 Å². The standard InChI is InChI=1S/C20H21F2N3OS2/c1-24(2)11-4-12-25(18(26)13-27-15-9-7-14(21)8-10-15)20-23-19-16(22)5-3-6-17(19)28-20/h3,5-10H,4,11-13H2,1-2H3. The molecule has 0 saturated heterocycles. The number of aromatic nitrogens is 1. The van der Waals surface area contributed by atoms with Crippen molar-refractivity contribution in [2.24, 2.45) is 0 Å². The van der Waals surface area contributed by atoms with E-state index in [4.69, 9.17) is 0 Å². The lowest BCUT2D eigenvalue weighted by Crippen LogP contribution is -2.34. The molecule has 3 rings (SSSR count). The third-order valence-corrected chi connectivity index (χ3v) is 6.09. The second-order valence-corrected chi connectivity index (χ2v) is 8.59. The molecule has 0 fully saturated rings. The van der Waals surface area contributed by atoms with E-state index in [1.807, 2.05) is 19.0 Å². The average Bonchev–Trinajstić information content (AvgIpc) is 3.09. The van der Waals surface area contributed by atoms with Crippen molar-refractivity contribution in [3.05, 3.63) is 54.1 Å². The number of fused-ring (bicyclic) bond motifs is 1. The summed E-state index contributed by atoms with van der Waals surface area (Å²) in [4.78, 5) is 21.8. The van der Waals surface area contributed by atoms with Crippen molar-refractivity contribution in [3.8, 4) is 0 Å². The van der Waals surface area contributed by atoms with Crippen LogP contribution < -0.4 is 4.90 Å². The molecule has 148 valence electrons. The molecule has 3 aromatic rings. The summed E-state index contributed by atoms with van der Waals surface area (Å²) in [5.74, 6) is -0.599. The Balaban J connectivity index is 1.77. The molecule has 1 heterocycles. The molecule has 0 radical (unpaired) electrons. The molecule has 1 aromatic heterocycles. The smallest absolute Gasteiger partial charge is 0.239 e. The molecular weight excluding hydrogens is 400 g/mol. The maximum Gasteiger partial charge on any atom is 0.239 e. The predicted molar refractivity (Wildman–Crippen MR) is 112 cm³/mol. The highest BCUT2D eigenvalue weighted by Gasteiger charge is 2.20. The number of para-hydroxylation sites is 1. The van der Waals surface area contributed by atoms with Gasteiger partial charge in [-0.05, 0) is 63.5 Å². The number of thiazole rings is 1. The Morgan fingerprint density at radius 1 is 1.11 bits per heavy atom. The Morgan fingerprint density at radius 3 is 2.54 bits per heavy atom. The average molecular weight is 422 g/mol. The van der Waals surface area contributed by atoms with Crippen LogP contribution in [0.1, 0.15) is 6.42 Å². The van der Waals surface area contributed by atoms with Gasteiger partial charge in [-0.2, -0.15) is 0 Å². The fraction of sp³-hybridized carbons (Fsp3) is 0.300. The molecule has 1 amide bonds. The molecule has 0 unspecified atom stereocenters. The monoisotopic (exact) mass is 421 g/mol. The topological polar surface area (TPSA) is 36.4 Å². The van der Waals surface area contributed by atoms with E-state index >= 15 is 0 Å². The van der Waals surface area contributed by atoms with Gasteiger partial charge in [-0.1, -0.05) is 17.4 Å². The van der Waals surface area contributed by atoms with Crippen LogP contribution in [0.3, 0.4) is 0 Å². The van der Waals surface area contributed by atoms with Gasteiger partial charge >= 0.3 is 0 Å². The van der Waals surface area contributed by atoms with E-state index in [1.54, 1.807) is 29.2 Å². The highest BCUT2D eigenvalue weighted by atomic mass is 32.2.